The standard InChI is InChI=1S/C21H30N4O3.HI/c1-4-22-21(24-13-15(2)17(14-24)20(27)28-3)23-12-19(26)25-11-7-9-16-8-5-6-10-18(16)25;/h5-6,8,10,15,17H,4,7,9,11-14H2,1-3H3,(H,22,23);1H. The number of guanidine groups is 1. The monoisotopic (exact) mass is 514 g/mol. The molecule has 1 fully saturated rings. The molecule has 0 spiro atoms. The van der Waals surface area contributed by atoms with Crippen molar-refractivity contribution in [3.63, 3.8) is 0 Å². The van der Waals surface area contributed by atoms with Gasteiger partial charge in [0, 0.05) is 31.9 Å². The summed E-state index contributed by atoms with van der Waals surface area (Å²) in [7, 11) is 1.42. The Morgan fingerprint density at radius 3 is 2.76 bits per heavy atom. The summed E-state index contributed by atoms with van der Waals surface area (Å²) in [5, 5.41) is 3.25. The molecule has 3 rings (SSSR count). The van der Waals surface area contributed by atoms with Crippen LogP contribution in [0.3, 0.4) is 0 Å². The molecule has 0 aliphatic carbocycles. The number of ether oxygens (including phenoxy) is 1. The lowest BCUT2D eigenvalue weighted by Crippen LogP contribution is -2.42. The molecular weight excluding hydrogens is 483 g/mol. The van der Waals surface area contributed by atoms with Gasteiger partial charge in [0.15, 0.2) is 5.96 Å². The first kappa shape index (κ1) is 23.4. The molecule has 160 valence electrons. The van der Waals surface area contributed by atoms with Crippen LogP contribution in [-0.2, 0) is 20.7 Å². The Morgan fingerprint density at radius 1 is 1.28 bits per heavy atom. The van der Waals surface area contributed by atoms with Crippen LogP contribution in [0.25, 0.3) is 0 Å². The number of methoxy groups -OCH3 is 1. The van der Waals surface area contributed by atoms with E-state index in [-0.39, 0.29) is 54.2 Å². The van der Waals surface area contributed by atoms with E-state index in [2.05, 4.69) is 16.4 Å². The third-order valence-corrected chi connectivity index (χ3v) is 5.53. The fourth-order valence-corrected chi connectivity index (χ4v) is 4.04. The largest absolute Gasteiger partial charge is 0.469 e. The molecule has 1 amide bonds. The Hall–Kier alpha value is -1.84. The lowest BCUT2D eigenvalue weighted by atomic mass is 9.99. The Morgan fingerprint density at radius 2 is 2.03 bits per heavy atom. The van der Waals surface area contributed by atoms with Crippen LogP contribution in [0.5, 0.6) is 0 Å². The van der Waals surface area contributed by atoms with Crippen LogP contribution in [-0.4, -0.2) is 62.6 Å². The van der Waals surface area contributed by atoms with Crippen LogP contribution in [0, 0.1) is 11.8 Å². The second-order valence-corrected chi connectivity index (χ2v) is 7.46. The molecule has 1 N–H and O–H groups in total. The fourth-order valence-electron chi connectivity index (χ4n) is 4.04. The summed E-state index contributed by atoms with van der Waals surface area (Å²) in [5.41, 5.74) is 2.21. The number of para-hydroxylation sites is 1. The maximum atomic E-state index is 12.9. The van der Waals surface area contributed by atoms with E-state index in [1.165, 1.54) is 12.7 Å². The number of hydrogen-bond donors (Lipinski definition) is 1. The van der Waals surface area contributed by atoms with Crippen LogP contribution in [0.15, 0.2) is 29.3 Å². The summed E-state index contributed by atoms with van der Waals surface area (Å²) in [5.74, 6) is 0.505. The Bertz CT molecular complexity index is 755. The summed E-state index contributed by atoms with van der Waals surface area (Å²) < 4.78 is 4.92. The third-order valence-electron chi connectivity index (χ3n) is 5.53. The number of rotatable bonds is 4. The minimum Gasteiger partial charge on any atom is -0.469 e. The van der Waals surface area contributed by atoms with Crippen molar-refractivity contribution in [2.45, 2.75) is 26.7 Å². The lowest BCUT2D eigenvalue weighted by Gasteiger charge is -2.29. The predicted molar refractivity (Wildman–Crippen MR) is 125 cm³/mol. The zero-order valence-corrected chi connectivity index (χ0v) is 19.7. The topological polar surface area (TPSA) is 74.2 Å². The van der Waals surface area contributed by atoms with Crippen molar-refractivity contribution in [1.82, 2.24) is 10.2 Å². The van der Waals surface area contributed by atoms with Gasteiger partial charge in [-0.2, -0.15) is 0 Å². The Labute approximate surface area is 189 Å². The highest BCUT2D eigenvalue weighted by Gasteiger charge is 2.37. The summed E-state index contributed by atoms with van der Waals surface area (Å²) in [6.07, 6.45) is 1.98. The average Bonchev–Trinajstić information content (AvgIpc) is 3.11. The van der Waals surface area contributed by atoms with Crippen LogP contribution in [0.1, 0.15) is 25.8 Å². The van der Waals surface area contributed by atoms with E-state index < -0.39 is 0 Å². The number of benzene rings is 1. The first-order valence-electron chi connectivity index (χ1n) is 10.0. The molecule has 7 nitrogen and oxygen atoms in total. The fraction of sp³-hybridized carbons (Fsp3) is 0.571. The van der Waals surface area contributed by atoms with E-state index in [4.69, 9.17) is 4.74 Å². The van der Waals surface area contributed by atoms with Crippen molar-refractivity contribution in [3.8, 4) is 0 Å². The maximum absolute atomic E-state index is 12.9. The number of carbonyl (C=O) groups is 2. The summed E-state index contributed by atoms with van der Waals surface area (Å²) in [4.78, 5) is 33.3. The van der Waals surface area contributed by atoms with Crippen molar-refractivity contribution in [3.05, 3.63) is 29.8 Å². The third kappa shape index (κ3) is 5.40. The summed E-state index contributed by atoms with van der Waals surface area (Å²) in [6.45, 7) is 6.83. The first-order chi connectivity index (χ1) is 13.5. The molecule has 0 saturated carbocycles. The molecule has 1 saturated heterocycles. The van der Waals surface area contributed by atoms with Gasteiger partial charge in [-0.1, -0.05) is 25.1 Å². The number of carbonyl (C=O) groups excluding carboxylic acids is 2. The Kier molecular flexibility index (Phi) is 8.73. The number of amides is 1. The highest BCUT2D eigenvalue weighted by Crippen LogP contribution is 2.27. The molecule has 2 aliphatic heterocycles. The van der Waals surface area contributed by atoms with Gasteiger partial charge in [0.2, 0.25) is 5.91 Å². The van der Waals surface area contributed by atoms with Gasteiger partial charge in [-0.25, -0.2) is 4.99 Å². The molecule has 2 atom stereocenters. The molecule has 0 bridgehead atoms. The zero-order valence-electron chi connectivity index (χ0n) is 17.4. The second-order valence-electron chi connectivity index (χ2n) is 7.46. The van der Waals surface area contributed by atoms with E-state index in [0.717, 1.165) is 25.1 Å². The van der Waals surface area contributed by atoms with E-state index in [1.54, 1.807) is 0 Å². The molecular formula is C21H31IN4O3. The van der Waals surface area contributed by atoms with Gasteiger partial charge in [-0.3, -0.25) is 9.59 Å². The van der Waals surface area contributed by atoms with Gasteiger partial charge in [-0.15, -0.1) is 24.0 Å². The molecule has 0 radical (unpaired) electrons. The van der Waals surface area contributed by atoms with Crippen LogP contribution < -0.4 is 10.2 Å². The van der Waals surface area contributed by atoms with Crippen LogP contribution >= 0.6 is 24.0 Å². The highest BCUT2D eigenvalue weighted by atomic mass is 127. The molecule has 2 aliphatic rings. The maximum Gasteiger partial charge on any atom is 0.310 e. The number of esters is 1. The molecule has 29 heavy (non-hydrogen) atoms. The van der Waals surface area contributed by atoms with E-state index in [9.17, 15) is 9.59 Å². The number of aryl methyl sites for hydroxylation is 1. The normalized spacial score (nSPS) is 21.3. The van der Waals surface area contributed by atoms with Gasteiger partial charge in [0.1, 0.15) is 6.54 Å². The molecule has 2 unspecified atom stereocenters. The first-order valence-corrected chi connectivity index (χ1v) is 10.0. The van der Waals surface area contributed by atoms with Gasteiger partial charge in [0.25, 0.3) is 0 Å². The lowest BCUT2D eigenvalue weighted by molar-refractivity contribution is -0.146. The van der Waals surface area contributed by atoms with Gasteiger partial charge < -0.3 is 19.9 Å². The summed E-state index contributed by atoms with van der Waals surface area (Å²) >= 11 is 0. The van der Waals surface area contributed by atoms with E-state index in [0.29, 0.717) is 25.6 Å². The van der Waals surface area contributed by atoms with Crippen LogP contribution in [0.2, 0.25) is 0 Å². The van der Waals surface area contributed by atoms with Crippen molar-refractivity contribution >= 4 is 47.5 Å². The zero-order chi connectivity index (χ0) is 20.1. The number of likely N-dealkylation sites (tertiary alicyclic amines) is 1. The van der Waals surface area contributed by atoms with Gasteiger partial charge in [-0.05, 0) is 37.3 Å². The van der Waals surface area contributed by atoms with Crippen LogP contribution in [0.4, 0.5) is 5.69 Å². The number of aliphatic imine (C=N–C) groups is 1. The average molecular weight is 514 g/mol. The minimum atomic E-state index is -0.188. The van der Waals surface area contributed by atoms with Gasteiger partial charge >= 0.3 is 5.97 Å². The number of anilines is 1. The van der Waals surface area contributed by atoms with E-state index >= 15 is 0 Å². The van der Waals surface area contributed by atoms with Gasteiger partial charge in [0.05, 0.1) is 13.0 Å². The Balaban J connectivity index is 0.00000300. The van der Waals surface area contributed by atoms with Crippen molar-refractivity contribution in [2.24, 2.45) is 16.8 Å². The number of halogens is 1. The number of hydrogen-bond acceptors (Lipinski definition) is 4. The number of nitrogens with one attached hydrogen (secondary N) is 1. The molecule has 1 aromatic rings. The summed E-state index contributed by atoms with van der Waals surface area (Å²) in [6, 6.07) is 8.07. The minimum absolute atomic E-state index is 0. The number of fused-ring (bicyclic) bond motifs is 1. The van der Waals surface area contributed by atoms with Crippen molar-refractivity contribution in [2.75, 3.05) is 44.7 Å². The number of nitrogens with zero attached hydrogens (tertiary/aromatic N) is 3. The SMILES string of the molecule is CCNC(=NCC(=O)N1CCCc2ccccc21)N1CC(C)C(C(=O)OC)C1.I. The highest BCUT2D eigenvalue weighted by molar-refractivity contribution is 14.0. The predicted octanol–water partition coefficient (Wildman–Crippen LogP) is 2.29. The molecule has 1 aromatic carbocycles. The quantitative estimate of drug-likeness (QED) is 0.289. The molecule has 2 heterocycles. The molecule has 8 heteroatoms. The van der Waals surface area contributed by atoms with E-state index in [1.807, 2.05) is 41.8 Å². The second kappa shape index (κ2) is 10.8. The molecule has 0 aromatic heterocycles. The van der Waals surface area contributed by atoms with Crippen molar-refractivity contribution < 1.29 is 14.3 Å². The smallest absolute Gasteiger partial charge is 0.310 e. The van der Waals surface area contributed by atoms with Crippen molar-refractivity contribution in [1.29, 1.82) is 0 Å².